The molecule has 8 heterocycles. The topological polar surface area (TPSA) is 443 Å². The average molecular weight is 1030 g/mol. The number of nitrogens with two attached hydrogens (primary N) is 2. The number of carbonyl (C=O) groups is 1. The van der Waals surface area contributed by atoms with E-state index in [0.29, 0.717) is 0 Å². The summed E-state index contributed by atoms with van der Waals surface area (Å²) >= 11 is 0. The third-order valence-corrected chi connectivity index (χ3v) is 13.3. The zero-order chi connectivity index (χ0) is 50.4. The molecule has 3 aliphatic heterocycles. The second kappa shape index (κ2) is 19.8. The van der Waals surface area contributed by atoms with E-state index >= 15 is 0 Å². The van der Waals surface area contributed by atoms with Crippen LogP contribution in [-0.2, 0) is 46.2 Å². The van der Waals surface area contributed by atoms with Gasteiger partial charge in [-0.05, 0) is 12.2 Å². The van der Waals surface area contributed by atoms with Gasteiger partial charge in [-0.3, -0.25) is 65.9 Å². The van der Waals surface area contributed by atoms with Crippen molar-refractivity contribution in [2.45, 2.75) is 74.6 Å². The molecular formula is C38H41N13O18P2. The number of amides is 1. The second-order valence-corrected chi connectivity index (χ2v) is 18.8. The highest BCUT2D eigenvalue weighted by Gasteiger charge is 2.46. The lowest BCUT2D eigenvalue weighted by atomic mass is 10.2. The molecule has 0 bridgehead atoms. The Hall–Kier alpha value is -6.71. The lowest BCUT2D eigenvalue weighted by molar-refractivity contribution is -0.116. The lowest BCUT2D eigenvalue weighted by Crippen LogP contribution is -2.34. The molecule has 11 atom stereocenters. The summed E-state index contributed by atoms with van der Waals surface area (Å²) in [5, 5.41) is 23.5. The molecule has 0 radical (unpaired) electrons. The molecular weight excluding hydrogens is 988 g/mol. The number of phosphoric ester groups is 2. The zero-order valence-corrected chi connectivity index (χ0v) is 38.1. The summed E-state index contributed by atoms with van der Waals surface area (Å²) < 4.78 is 69.8. The third kappa shape index (κ3) is 10.7. The van der Waals surface area contributed by atoms with E-state index in [1.165, 1.54) is 27.9 Å². The van der Waals surface area contributed by atoms with Gasteiger partial charge in [-0.1, -0.05) is 17.9 Å². The van der Waals surface area contributed by atoms with Crippen LogP contribution in [0.3, 0.4) is 0 Å². The molecule has 0 aromatic carbocycles. The summed E-state index contributed by atoms with van der Waals surface area (Å²) in [4.78, 5) is 108. The Morgan fingerprint density at radius 3 is 1.96 bits per heavy atom. The van der Waals surface area contributed by atoms with Crippen LogP contribution in [0.1, 0.15) is 43.5 Å². The first-order valence-corrected chi connectivity index (χ1v) is 24.1. The predicted octanol–water partition coefficient (Wildman–Crippen LogP) is -2.69. The Labute approximate surface area is 394 Å². The highest BCUT2D eigenvalue weighted by Crippen LogP contribution is 2.52. The van der Waals surface area contributed by atoms with Crippen molar-refractivity contribution in [3.05, 3.63) is 95.5 Å². The lowest BCUT2D eigenvalue weighted by Gasteiger charge is -2.24. The zero-order valence-electron chi connectivity index (χ0n) is 36.3. The highest BCUT2D eigenvalue weighted by atomic mass is 31.2. The number of aromatic nitrogens is 10. The molecule has 33 heteroatoms. The van der Waals surface area contributed by atoms with Gasteiger partial charge in [0.1, 0.15) is 54.8 Å². The van der Waals surface area contributed by atoms with E-state index in [-0.39, 0.29) is 64.7 Å². The largest absolute Gasteiger partial charge is 0.472 e. The van der Waals surface area contributed by atoms with E-state index < -0.39 is 125 Å². The maximum atomic E-state index is 13.6. The number of nitrogens with zero attached hydrogens (tertiary/aromatic N) is 7. The summed E-state index contributed by atoms with van der Waals surface area (Å²) in [7, 11) is -10.4. The average Bonchev–Trinajstić information content (AvgIpc) is 4.17. The molecule has 4 aliphatic rings. The summed E-state index contributed by atoms with van der Waals surface area (Å²) in [5.74, 6) is 4.24. The number of ether oxygens (including phenoxy) is 3. The van der Waals surface area contributed by atoms with Gasteiger partial charge in [0.05, 0.1) is 50.7 Å². The number of H-pyrrole nitrogens is 3. The Bertz CT molecular complexity index is 3420. The first-order chi connectivity index (χ1) is 33.8. The van der Waals surface area contributed by atoms with Gasteiger partial charge in [0, 0.05) is 25.5 Å². The fourth-order valence-electron chi connectivity index (χ4n) is 7.98. The number of aliphatic hydroxyl groups excluding tert-OH is 2. The number of fused-ring (bicyclic) bond motifs is 2. The van der Waals surface area contributed by atoms with Gasteiger partial charge in [-0.25, -0.2) is 23.9 Å². The highest BCUT2D eigenvalue weighted by molar-refractivity contribution is 7.47. The van der Waals surface area contributed by atoms with Crippen molar-refractivity contribution < 1.29 is 66.2 Å². The van der Waals surface area contributed by atoms with Crippen LogP contribution in [0.4, 0.5) is 11.9 Å². The van der Waals surface area contributed by atoms with Crippen molar-refractivity contribution in [2.24, 2.45) is 0 Å². The number of anilines is 2. The van der Waals surface area contributed by atoms with Crippen molar-refractivity contribution in [3.63, 3.8) is 0 Å². The summed E-state index contributed by atoms with van der Waals surface area (Å²) in [6, 6.07) is 0. The SMILES string of the molecule is Nc1nc2c(ncn2[C@H]2C[C@H](OP(=O)(O)OC[C@H]3O[C@@H](n4cc(C#CCNC(=O)C5=C=CC=C5)c(=O)[nH]c4=O)C[C@@H]3OP(=O)(O)OC[C@H]3O[C@@H](n4cnc5c(=O)[nH]c(N)nc54)C[C@@H]3O)[C@@H](CO)O2)c(=O)[nH]1. The number of phosphoric acid groups is 2. The van der Waals surface area contributed by atoms with Gasteiger partial charge in [0.15, 0.2) is 22.3 Å². The quantitative estimate of drug-likeness (QED) is 0.0273. The number of hydrogen-bond donors (Lipinski definition) is 10. The fraction of sp³-hybridized carbons (Fsp3) is 0.421. The van der Waals surface area contributed by atoms with Gasteiger partial charge >= 0.3 is 21.3 Å². The summed E-state index contributed by atoms with van der Waals surface area (Å²) in [6.07, 6.45) is -4.32. The van der Waals surface area contributed by atoms with E-state index in [4.69, 9.17) is 43.8 Å². The Kier molecular flexibility index (Phi) is 13.8. The molecule has 9 rings (SSSR count). The Morgan fingerprint density at radius 2 is 1.37 bits per heavy atom. The number of hydrogen-bond acceptors (Lipinski definition) is 22. The van der Waals surface area contributed by atoms with Crippen LogP contribution >= 0.6 is 15.6 Å². The molecule has 3 saturated heterocycles. The first kappa shape index (κ1) is 49.3. The monoisotopic (exact) mass is 1030 g/mol. The van der Waals surface area contributed by atoms with Crippen molar-refractivity contribution in [1.29, 1.82) is 0 Å². The van der Waals surface area contributed by atoms with Gasteiger partial charge < -0.3 is 51.0 Å². The van der Waals surface area contributed by atoms with Crippen LogP contribution in [0, 0.1) is 11.8 Å². The third-order valence-electron chi connectivity index (χ3n) is 11.3. The van der Waals surface area contributed by atoms with E-state index in [9.17, 15) is 53.1 Å². The van der Waals surface area contributed by atoms with Crippen LogP contribution in [-0.4, -0.2) is 137 Å². The number of aromatic amines is 3. The molecule has 0 saturated carbocycles. The van der Waals surface area contributed by atoms with Gasteiger partial charge in [-0.2, -0.15) is 9.97 Å². The van der Waals surface area contributed by atoms with Crippen LogP contribution in [0.15, 0.2) is 67.6 Å². The van der Waals surface area contributed by atoms with Gasteiger partial charge in [-0.15, -0.1) is 5.73 Å². The molecule has 5 aromatic heterocycles. The minimum Gasteiger partial charge on any atom is -0.394 e. The second-order valence-electron chi connectivity index (χ2n) is 16.0. The molecule has 1 amide bonds. The van der Waals surface area contributed by atoms with E-state index in [2.05, 4.69) is 57.8 Å². The minimum absolute atomic E-state index is 0.0143. The van der Waals surface area contributed by atoms with Crippen LogP contribution in [0.5, 0.6) is 0 Å². The van der Waals surface area contributed by atoms with E-state index in [1.807, 2.05) is 0 Å². The maximum Gasteiger partial charge on any atom is 0.472 e. The smallest absolute Gasteiger partial charge is 0.394 e. The van der Waals surface area contributed by atoms with Crippen molar-refractivity contribution in [1.82, 2.24) is 53.9 Å². The van der Waals surface area contributed by atoms with Crippen molar-refractivity contribution >= 4 is 55.8 Å². The number of carbonyl (C=O) groups excluding carboxylic acids is 1. The number of rotatable bonds is 16. The van der Waals surface area contributed by atoms with Crippen molar-refractivity contribution in [3.8, 4) is 11.8 Å². The standard InChI is InChI=1S/C38H41N13O18P2/c39-36-44-30-28(34(56)46-36)42-15-50(30)25-8-19(53)23(66-25)13-63-70(59,60)69-21-10-26(49-11-18(33(55)48-38(49)58)6-3-7-41-32(54)17-4-1-2-5-17)67-24(21)14-64-71(61,62)68-20-9-27(65-22(20)12-52)51-16-43-29-31(51)45-37(40)47-35(29)57/h1-2,4,11,15-16,19-27,52-53H,7-10,12-14H2,(H,41,54)(H,59,60)(H,61,62)(H,48,55,58)(H3,39,44,46,56)(H3,40,45,47,57)/t19-,20-,21-,22+,23+,24+,25+,26+,27+/m0/s1. The van der Waals surface area contributed by atoms with Crippen LogP contribution in [0.25, 0.3) is 22.3 Å². The molecule has 376 valence electrons. The maximum absolute atomic E-state index is 13.6. The number of nitrogens with one attached hydrogen (secondary N) is 4. The number of aliphatic hydroxyl groups is 2. The molecule has 2 unspecified atom stereocenters. The number of nitrogen functional groups attached to an aromatic ring is 2. The molecule has 0 spiro atoms. The molecule has 1 aliphatic carbocycles. The minimum atomic E-state index is -5.21. The van der Waals surface area contributed by atoms with Crippen LogP contribution in [0.2, 0.25) is 0 Å². The fourth-order valence-corrected chi connectivity index (χ4v) is 9.90. The summed E-state index contributed by atoms with van der Waals surface area (Å²) in [5.41, 5.74) is 10.8. The number of allylic oxidation sites excluding steroid dienone is 1. The predicted molar refractivity (Wildman–Crippen MR) is 237 cm³/mol. The van der Waals surface area contributed by atoms with Gasteiger partial charge in [0.2, 0.25) is 11.9 Å². The van der Waals surface area contributed by atoms with Crippen LogP contribution < -0.4 is 39.2 Å². The summed E-state index contributed by atoms with van der Waals surface area (Å²) in [6.45, 7) is -2.59. The van der Waals surface area contributed by atoms with E-state index in [1.54, 1.807) is 12.2 Å². The molecule has 31 nitrogen and oxygen atoms in total. The molecule has 12 N–H and O–H groups in total. The Balaban J connectivity index is 0.900. The molecule has 5 aromatic rings. The van der Waals surface area contributed by atoms with Gasteiger partial charge in [0.25, 0.3) is 22.6 Å². The first-order valence-electron chi connectivity index (χ1n) is 21.1. The normalized spacial score (nSPS) is 26.6. The molecule has 3 fully saturated rings. The Morgan fingerprint density at radius 1 is 0.817 bits per heavy atom. The molecule has 71 heavy (non-hydrogen) atoms. The number of imidazole rings is 2. The van der Waals surface area contributed by atoms with Crippen molar-refractivity contribution in [2.75, 3.05) is 37.8 Å². The van der Waals surface area contributed by atoms with E-state index in [0.717, 1.165) is 10.8 Å².